The van der Waals surface area contributed by atoms with E-state index >= 15 is 0 Å². The lowest BCUT2D eigenvalue weighted by Gasteiger charge is -2.22. The molecule has 2 nitrogen and oxygen atoms in total. The van der Waals surface area contributed by atoms with Crippen LogP contribution in [0.1, 0.15) is 38.5 Å². The third-order valence-electron chi connectivity index (χ3n) is 2.35. The maximum atomic E-state index is 5.58. The zero-order chi connectivity index (χ0) is 10.8. The molecule has 0 spiro atoms. The van der Waals surface area contributed by atoms with Crippen LogP contribution in [0.2, 0.25) is 0 Å². The van der Waals surface area contributed by atoms with Crippen LogP contribution in [-0.4, -0.2) is 19.5 Å². The van der Waals surface area contributed by atoms with Gasteiger partial charge in [0.15, 0.2) is 6.29 Å². The molecule has 1 saturated heterocycles. The average Bonchev–Trinajstić information content (AvgIpc) is 2.29. The van der Waals surface area contributed by atoms with E-state index in [1.54, 1.807) is 0 Å². The van der Waals surface area contributed by atoms with Crippen molar-refractivity contribution >= 4 is 0 Å². The molecule has 0 amide bonds. The molecule has 0 aromatic heterocycles. The molecule has 0 bridgehead atoms. The van der Waals surface area contributed by atoms with Gasteiger partial charge < -0.3 is 9.47 Å². The van der Waals surface area contributed by atoms with E-state index in [1.807, 2.05) is 0 Å². The van der Waals surface area contributed by atoms with Gasteiger partial charge in [-0.3, -0.25) is 0 Å². The van der Waals surface area contributed by atoms with Crippen molar-refractivity contribution in [2.45, 2.75) is 44.8 Å². The molecule has 0 aliphatic carbocycles. The number of ether oxygens (including phenoxy) is 2. The number of hydrogen-bond donors (Lipinski definition) is 0. The molecule has 1 aliphatic rings. The molecule has 1 fully saturated rings. The summed E-state index contributed by atoms with van der Waals surface area (Å²) in [5, 5.41) is 0. The zero-order valence-corrected chi connectivity index (χ0v) is 9.28. The number of terminal acetylenes is 1. The van der Waals surface area contributed by atoms with E-state index in [0.717, 1.165) is 38.9 Å². The Hall–Kier alpha value is -0.780. The Morgan fingerprint density at radius 2 is 2.20 bits per heavy atom. The summed E-state index contributed by atoms with van der Waals surface area (Å²) in [5.41, 5.74) is 0. The van der Waals surface area contributed by atoms with Gasteiger partial charge in [0.05, 0.1) is 6.61 Å². The first kappa shape index (κ1) is 12.3. The van der Waals surface area contributed by atoms with Crippen molar-refractivity contribution in [3.63, 3.8) is 0 Å². The maximum absolute atomic E-state index is 5.58. The van der Waals surface area contributed by atoms with Crippen molar-refractivity contribution in [1.82, 2.24) is 0 Å². The van der Waals surface area contributed by atoms with Gasteiger partial charge in [-0.2, -0.15) is 0 Å². The minimum atomic E-state index is 0.0397. The quantitative estimate of drug-likeness (QED) is 0.379. The van der Waals surface area contributed by atoms with Crippen molar-refractivity contribution in [1.29, 1.82) is 0 Å². The second-order valence-electron chi connectivity index (χ2n) is 3.67. The van der Waals surface area contributed by atoms with E-state index in [0.29, 0.717) is 0 Å². The molecular weight excluding hydrogens is 188 g/mol. The Morgan fingerprint density at radius 3 is 2.93 bits per heavy atom. The molecule has 0 aromatic carbocycles. The van der Waals surface area contributed by atoms with E-state index in [2.05, 4.69) is 18.1 Å². The van der Waals surface area contributed by atoms with Gasteiger partial charge in [-0.25, -0.2) is 0 Å². The van der Waals surface area contributed by atoms with Gasteiger partial charge in [0, 0.05) is 13.0 Å². The second-order valence-corrected chi connectivity index (χ2v) is 3.67. The third-order valence-corrected chi connectivity index (χ3v) is 2.35. The maximum Gasteiger partial charge on any atom is 0.157 e. The summed E-state index contributed by atoms with van der Waals surface area (Å²) < 4.78 is 11.0. The average molecular weight is 208 g/mol. The summed E-state index contributed by atoms with van der Waals surface area (Å²) in [6.45, 7) is 1.60. The minimum Gasteiger partial charge on any atom is -0.353 e. The van der Waals surface area contributed by atoms with Gasteiger partial charge in [-0.1, -0.05) is 12.2 Å². The fourth-order valence-electron chi connectivity index (χ4n) is 1.51. The lowest BCUT2D eigenvalue weighted by molar-refractivity contribution is -0.161. The molecule has 2 heteroatoms. The normalized spacial score (nSPS) is 21.7. The molecule has 0 aromatic rings. The van der Waals surface area contributed by atoms with Gasteiger partial charge in [0.25, 0.3) is 0 Å². The summed E-state index contributed by atoms with van der Waals surface area (Å²) in [6, 6.07) is 0. The Balaban J connectivity index is 1.92. The van der Waals surface area contributed by atoms with Crippen LogP contribution < -0.4 is 0 Å². The number of unbranched alkanes of at least 4 members (excludes halogenated alkanes) is 1. The van der Waals surface area contributed by atoms with Crippen LogP contribution in [-0.2, 0) is 9.47 Å². The number of rotatable bonds is 6. The lowest BCUT2D eigenvalue weighted by Crippen LogP contribution is -2.22. The molecule has 0 radical (unpaired) electrons. The van der Waals surface area contributed by atoms with Crippen LogP contribution in [0.5, 0.6) is 0 Å². The van der Waals surface area contributed by atoms with Gasteiger partial charge >= 0.3 is 0 Å². The first-order valence-corrected chi connectivity index (χ1v) is 5.75. The number of allylic oxidation sites excluding steroid dienone is 1. The fourth-order valence-corrected chi connectivity index (χ4v) is 1.51. The molecule has 1 rings (SSSR count). The standard InChI is InChI=1S/C13H20O2/c1-2-3-4-5-6-8-11-14-13-10-7-9-12-15-13/h1,5-6,13H,3-4,7-12H2/b6-5-. The van der Waals surface area contributed by atoms with Crippen molar-refractivity contribution in [2.75, 3.05) is 13.2 Å². The van der Waals surface area contributed by atoms with E-state index in [1.165, 1.54) is 12.8 Å². The molecule has 1 heterocycles. The van der Waals surface area contributed by atoms with Crippen LogP contribution >= 0.6 is 0 Å². The largest absolute Gasteiger partial charge is 0.353 e. The van der Waals surface area contributed by atoms with Crippen LogP contribution in [0, 0.1) is 12.3 Å². The Kier molecular flexibility index (Phi) is 6.98. The SMILES string of the molecule is C#CCC/C=C\CCOC1CCCCO1. The molecule has 84 valence electrons. The van der Waals surface area contributed by atoms with Crippen LogP contribution in [0.25, 0.3) is 0 Å². The van der Waals surface area contributed by atoms with Crippen molar-refractivity contribution in [3.8, 4) is 12.3 Å². The molecule has 15 heavy (non-hydrogen) atoms. The Labute approximate surface area is 92.6 Å². The van der Waals surface area contributed by atoms with E-state index in [9.17, 15) is 0 Å². The van der Waals surface area contributed by atoms with Crippen molar-refractivity contribution in [3.05, 3.63) is 12.2 Å². The smallest absolute Gasteiger partial charge is 0.157 e. The first-order valence-electron chi connectivity index (χ1n) is 5.75. The van der Waals surface area contributed by atoms with Crippen LogP contribution in [0.15, 0.2) is 12.2 Å². The van der Waals surface area contributed by atoms with Crippen LogP contribution in [0.4, 0.5) is 0 Å². The Morgan fingerprint density at radius 1 is 1.33 bits per heavy atom. The van der Waals surface area contributed by atoms with Gasteiger partial charge in [-0.05, 0) is 32.1 Å². The number of hydrogen-bond acceptors (Lipinski definition) is 2. The molecule has 1 atom stereocenters. The highest BCUT2D eigenvalue weighted by molar-refractivity contribution is 4.90. The van der Waals surface area contributed by atoms with Crippen molar-refractivity contribution in [2.24, 2.45) is 0 Å². The third kappa shape index (κ3) is 6.33. The molecule has 0 saturated carbocycles. The highest BCUT2D eigenvalue weighted by Crippen LogP contribution is 2.13. The Bertz CT molecular complexity index is 209. The zero-order valence-electron chi connectivity index (χ0n) is 9.28. The monoisotopic (exact) mass is 208 g/mol. The van der Waals surface area contributed by atoms with Gasteiger partial charge in [0.1, 0.15) is 0 Å². The summed E-state index contributed by atoms with van der Waals surface area (Å²) in [7, 11) is 0. The highest BCUT2D eigenvalue weighted by Gasteiger charge is 2.12. The fraction of sp³-hybridized carbons (Fsp3) is 0.692. The molecular formula is C13H20O2. The predicted molar refractivity (Wildman–Crippen MR) is 61.4 cm³/mol. The minimum absolute atomic E-state index is 0.0397. The van der Waals surface area contributed by atoms with Crippen molar-refractivity contribution < 1.29 is 9.47 Å². The summed E-state index contributed by atoms with van der Waals surface area (Å²) in [5.74, 6) is 2.61. The summed E-state index contributed by atoms with van der Waals surface area (Å²) >= 11 is 0. The first-order chi connectivity index (χ1) is 7.43. The molecule has 0 N–H and O–H groups in total. The van der Waals surface area contributed by atoms with Gasteiger partial charge in [0.2, 0.25) is 0 Å². The summed E-state index contributed by atoms with van der Waals surface area (Å²) in [6.07, 6.45) is 15.6. The van der Waals surface area contributed by atoms with Gasteiger partial charge in [-0.15, -0.1) is 12.3 Å². The van der Waals surface area contributed by atoms with E-state index < -0.39 is 0 Å². The molecule has 1 aliphatic heterocycles. The summed E-state index contributed by atoms with van der Waals surface area (Å²) in [4.78, 5) is 0. The van der Waals surface area contributed by atoms with Crippen LogP contribution in [0.3, 0.4) is 0 Å². The van der Waals surface area contributed by atoms with E-state index in [-0.39, 0.29) is 6.29 Å². The predicted octanol–water partition coefficient (Wildman–Crippen LogP) is 2.89. The second kappa shape index (κ2) is 8.52. The topological polar surface area (TPSA) is 18.5 Å². The van der Waals surface area contributed by atoms with E-state index in [4.69, 9.17) is 15.9 Å². The lowest BCUT2D eigenvalue weighted by atomic mass is 10.2. The molecule has 1 unspecified atom stereocenters. The highest BCUT2D eigenvalue weighted by atomic mass is 16.7.